The van der Waals surface area contributed by atoms with Crippen LogP contribution in [-0.4, -0.2) is 27.3 Å². The number of aryl methyl sites for hydroxylation is 1. The first kappa shape index (κ1) is 13.0. The Morgan fingerprint density at radius 1 is 1.53 bits per heavy atom. The van der Waals surface area contributed by atoms with E-state index >= 15 is 0 Å². The van der Waals surface area contributed by atoms with Gasteiger partial charge in [-0.15, -0.1) is 0 Å². The van der Waals surface area contributed by atoms with Crippen LogP contribution in [0.3, 0.4) is 0 Å². The molecule has 1 saturated heterocycles. The second-order valence-corrected chi connectivity index (χ2v) is 6.18. The summed E-state index contributed by atoms with van der Waals surface area (Å²) in [4.78, 5) is 0. The van der Waals surface area contributed by atoms with Gasteiger partial charge in [-0.1, -0.05) is 0 Å². The average molecular weight is 253 g/mol. The molecule has 17 heavy (non-hydrogen) atoms. The van der Waals surface area contributed by atoms with Gasteiger partial charge in [-0.05, 0) is 55.6 Å². The highest BCUT2D eigenvalue weighted by Crippen LogP contribution is 2.26. The average Bonchev–Trinajstić information content (AvgIpc) is 2.78. The predicted molar refractivity (Wildman–Crippen MR) is 74.2 cm³/mol. The summed E-state index contributed by atoms with van der Waals surface area (Å²) in [6.07, 6.45) is 8.94. The van der Waals surface area contributed by atoms with Crippen molar-refractivity contribution in [3.63, 3.8) is 0 Å². The Hall–Kier alpha value is -0.480. The Morgan fingerprint density at radius 2 is 2.29 bits per heavy atom. The second-order valence-electron chi connectivity index (χ2n) is 4.96. The van der Waals surface area contributed by atoms with Crippen LogP contribution in [0.4, 0.5) is 0 Å². The molecule has 2 heterocycles. The molecule has 0 spiro atoms. The summed E-state index contributed by atoms with van der Waals surface area (Å²) in [5.74, 6) is 3.50. The molecule has 1 fully saturated rings. The monoisotopic (exact) mass is 253 g/mol. The van der Waals surface area contributed by atoms with Gasteiger partial charge < -0.3 is 5.73 Å². The molecule has 96 valence electrons. The van der Waals surface area contributed by atoms with Gasteiger partial charge in [0.2, 0.25) is 0 Å². The molecule has 0 aliphatic carbocycles. The van der Waals surface area contributed by atoms with E-state index in [0.717, 1.165) is 18.9 Å². The van der Waals surface area contributed by atoms with Crippen LogP contribution in [0.5, 0.6) is 0 Å². The van der Waals surface area contributed by atoms with Gasteiger partial charge in [-0.25, -0.2) is 0 Å². The minimum absolute atomic E-state index is 0.303. The molecule has 0 bridgehead atoms. The first-order valence-corrected chi connectivity index (χ1v) is 7.78. The summed E-state index contributed by atoms with van der Waals surface area (Å²) in [6.45, 7) is 3.05. The zero-order valence-corrected chi connectivity index (χ0v) is 11.5. The van der Waals surface area contributed by atoms with Gasteiger partial charge >= 0.3 is 0 Å². The van der Waals surface area contributed by atoms with Crippen molar-refractivity contribution in [2.75, 3.05) is 11.5 Å². The van der Waals surface area contributed by atoms with Crippen LogP contribution in [0.25, 0.3) is 0 Å². The summed E-state index contributed by atoms with van der Waals surface area (Å²) in [5.41, 5.74) is 7.53. The fourth-order valence-electron chi connectivity index (χ4n) is 2.48. The zero-order chi connectivity index (χ0) is 12.1. The van der Waals surface area contributed by atoms with Crippen LogP contribution < -0.4 is 5.73 Å². The molecule has 1 aliphatic heterocycles. The van der Waals surface area contributed by atoms with E-state index in [1.807, 2.05) is 10.9 Å². The first-order chi connectivity index (χ1) is 8.28. The van der Waals surface area contributed by atoms with E-state index in [0.29, 0.717) is 6.04 Å². The van der Waals surface area contributed by atoms with Crippen molar-refractivity contribution in [1.29, 1.82) is 0 Å². The van der Waals surface area contributed by atoms with Crippen molar-refractivity contribution < 1.29 is 0 Å². The van der Waals surface area contributed by atoms with Gasteiger partial charge in [0, 0.05) is 18.8 Å². The maximum Gasteiger partial charge on any atom is 0.0522 e. The third-order valence-corrected chi connectivity index (χ3v) is 4.53. The highest BCUT2D eigenvalue weighted by Gasteiger charge is 2.17. The number of hydrogen-bond donors (Lipinski definition) is 1. The zero-order valence-electron chi connectivity index (χ0n) is 10.6. The van der Waals surface area contributed by atoms with Crippen LogP contribution in [0, 0.1) is 5.92 Å². The lowest BCUT2D eigenvalue weighted by atomic mass is 9.92. The van der Waals surface area contributed by atoms with Crippen LogP contribution in [0.1, 0.15) is 31.7 Å². The number of hydrogen-bond acceptors (Lipinski definition) is 3. The van der Waals surface area contributed by atoms with Gasteiger partial charge in [0.05, 0.1) is 6.20 Å². The molecular formula is C13H23N3S. The molecule has 1 unspecified atom stereocenters. The Bertz CT molecular complexity index is 331. The quantitative estimate of drug-likeness (QED) is 0.875. The summed E-state index contributed by atoms with van der Waals surface area (Å²) in [7, 11) is 0. The minimum Gasteiger partial charge on any atom is -0.327 e. The number of rotatable bonds is 5. The molecule has 1 atom stereocenters. The van der Waals surface area contributed by atoms with E-state index in [9.17, 15) is 0 Å². The first-order valence-electron chi connectivity index (χ1n) is 6.62. The predicted octanol–water partition coefficient (Wildman–Crippen LogP) is 2.31. The number of nitrogens with zero attached hydrogens (tertiary/aromatic N) is 2. The van der Waals surface area contributed by atoms with E-state index in [1.165, 1.54) is 36.3 Å². The number of aromatic nitrogens is 2. The van der Waals surface area contributed by atoms with E-state index in [1.54, 1.807) is 0 Å². The van der Waals surface area contributed by atoms with Crippen molar-refractivity contribution in [3.8, 4) is 0 Å². The SMILES string of the molecule is CCn1cc(CC(N)CC2CCSCC2)cn1. The maximum atomic E-state index is 6.24. The molecule has 3 nitrogen and oxygen atoms in total. The van der Waals surface area contributed by atoms with Gasteiger partial charge in [0.1, 0.15) is 0 Å². The Labute approximate surface area is 108 Å². The molecular weight excluding hydrogens is 230 g/mol. The molecule has 1 aliphatic rings. The van der Waals surface area contributed by atoms with Crippen molar-refractivity contribution in [2.24, 2.45) is 11.7 Å². The topological polar surface area (TPSA) is 43.8 Å². The van der Waals surface area contributed by atoms with Crippen LogP contribution in [0.15, 0.2) is 12.4 Å². The van der Waals surface area contributed by atoms with Crippen LogP contribution in [-0.2, 0) is 13.0 Å². The van der Waals surface area contributed by atoms with Crippen molar-refractivity contribution in [2.45, 2.75) is 45.2 Å². The van der Waals surface area contributed by atoms with Gasteiger partial charge in [-0.2, -0.15) is 16.9 Å². The maximum absolute atomic E-state index is 6.24. The summed E-state index contributed by atoms with van der Waals surface area (Å²) >= 11 is 2.08. The summed E-state index contributed by atoms with van der Waals surface area (Å²) in [5, 5.41) is 4.29. The fourth-order valence-corrected chi connectivity index (χ4v) is 3.69. The largest absolute Gasteiger partial charge is 0.327 e. The molecule has 4 heteroatoms. The van der Waals surface area contributed by atoms with Crippen LogP contribution in [0.2, 0.25) is 0 Å². The highest BCUT2D eigenvalue weighted by atomic mass is 32.2. The van der Waals surface area contributed by atoms with Gasteiger partial charge in [-0.3, -0.25) is 4.68 Å². The third-order valence-electron chi connectivity index (χ3n) is 3.49. The lowest BCUT2D eigenvalue weighted by molar-refractivity contribution is 0.406. The third kappa shape index (κ3) is 4.03. The molecule has 1 aromatic heterocycles. The smallest absolute Gasteiger partial charge is 0.0522 e. The lowest BCUT2D eigenvalue weighted by Gasteiger charge is -2.24. The van der Waals surface area contributed by atoms with Crippen molar-refractivity contribution in [1.82, 2.24) is 9.78 Å². The molecule has 0 radical (unpaired) electrons. The Morgan fingerprint density at radius 3 is 2.94 bits per heavy atom. The fraction of sp³-hybridized carbons (Fsp3) is 0.769. The molecule has 1 aromatic rings. The molecule has 0 aromatic carbocycles. The number of thioether (sulfide) groups is 1. The molecule has 2 N–H and O–H groups in total. The normalized spacial score (nSPS) is 19.4. The second kappa shape index (κ2) is 6.45. The minimum atomic E-state index is 0.303. The van der Waals surface area contributed by atoms with Crippen molar-refractivity contribution in [3.05, 3.63) is 18.0 Å². The lowest BCUT2D eigenvalue weighted by Crippen LogP contribution is -2.27. The number of nitrogens with two attached hydrogens (primary N) is 1. The summed E-state index contributed by atoms with van der Waals surface area (Å²) < 4.78 is 1.97. The van der Waals surface area contributed by atoms with Gasteiger partial charge in [0.25, 0.3) is 0 Å². The van der Waals surface area contributed by atoms with E-state index in [2.05, 4.69) is 30.0 Å². The Balaban J connectivity index is 1.77. The van der Waals surface area contributed by atoms with Crippen LogP contribution >= 0.6 is 11.8 Å². The van der Waals surface area contributed by atoms with Gasteiger partial charge in [0.15, 0.2) is 0 Å². The summed E-state index contributed by atoms with van der Waals surface area (Å²) in [6, 6.07) is 0.303. The molecule has 2 rings (SSSR count). The highest BCUT2D eigenvalue weighted by molar-refractivity contribution is 7.99. The van der Waals surface area contributed by atoms with Crippen molar-refractivity contribution >= 4 is 11.8 Å². The van der Waals surface area contributed by atoms with E-state index < -0.39 is 0 Å². The Kier molecular flexibility index (Phi) is 4.92. The van der Waals surface area contributed by atoms with E-state index in [-0.39, 0.29) is 0 Å². The molecule has 0 amide bonds. The van der Waals surface area contributed by atoms with E-state index in [4.69, 9.17) is 5.73 Å². The standard InChI is InChI=1S/C13H23N3S/c1-2-16-10-12(9-15-16)8-13(14)7-11-3-5-17-6-4-11/h9-11,13H,2-8,14H2,1H3. The molecule has 0 saturated carbocycles.